The lowest BCUT2D eigenvalue weighted by atomic mass is 10.1. The zero-order valence-corrected chi connectivity index (χ0v) is 15.8. The fourth-order valence-electron chi connectivity index (χ4n) is 2.81. The fourth-order valence-corrected chi connectivity index (χ4v) is 4.20. The smallest absolute Gasteiger partial charge is 0.272 e. The Morgan fingerprint density at radius 3 is 2.19 bits per heavy atom. The largest absolute Gasteiger partial charge is 0.279 e. The first-order chi connectivity index (χ1) is 13.0. The molecule has 0 radical (unpaired) electrons. The maximum atomic E-state index is 12.8. The van der Waals surface area contributed by atoms with Crippen molar-refractivity contribution in [1.82, 2.24) is 9.55 Å². The van der Waals surface area contributed by atoms with Crippen molar-refractivity contribution in [2.45, 2.75) is 10.4 Å². The van der Waals surface area contributed by atoms with Crippen molar-refractivity contribution >= 4 is 40.9 Å². The number of carbonyl (C=O) groups is 1. The molecule has 1 aliphatic rings. The second-order valence-corrected chi connectivity index (χ2v) is 7.71. The molecule has 2 aromatic carbocycles. The van der Waals surface area contributed by atoms with E-state index in [1.165, 1.54) is 11.8 Å². The summed E-state index contributed by atoms with van der Waals surface area (Å²) in [4.78, 5) is 30.1. The summed E-state index contributed by atoms with van der Waals surface area (Å²) in [7, 11) is 0. The predicted octanol–water partition coefficient (Wildman–Crippen LogP) is 4.58. The third kappa shape index (κ3) is 3.04. The summed E-state index contributed by atoms with van der Waals surface area (Å²) in [5, 5.41) is 10.2. The number of carbonyl (C=O) groups excluding carboxylic acids is 1. The van der Waals surface area contributed by atoms with E-state index >= 15 is 0 Å². The number of nitriles is 1. The predicted molar refractivity (Wildman–Crippen MR) is 104 cm³/mol. The second-order valence-electron chi connectivity index (χ2n) is 5.76. The molecule has 2 heterocycles. The Bertz CT molecular complexity index is 1170. The Morgan fingerprint density at radius 2 is 1.59 bits per heavy atom. The first-order valence-corrected chi connectivity index (χ1v) is 9.42. The van der Waals surface area contributed by atoms with E-state index in [0.29, 0.717) is 21.2 Å². The van der Waals surface area contributed by atoms with Gasteiger partial charge in [0.1, 0.15) is 16.9 Å². The van der Waals surface area contributed by atoms with Crippen molar-refractivity contribution < 1.29 is 4.79 Å². The van der Waals surface area contributed by atoms with Gasteiger partial charge >= 0.3 is 0 Å². The zero-order valence-electron chi connectivity index (χ0n) is 13.5. The highest BCUT2D eigenvalue weighted by Crippen LogP contribution is 2.41. The summed E-state index contributed by atoms with van der Waals surface area (Å²) >= 11 is 13.0. The minimum Gasteiger partial charge on any atom is -0.272 e. The van der Waals surface area contributed by atoms with Crippen LogP contribution in [0, 0.1) is 11.3 Å². The molecule has 0 amide bonds. The van der Waals surface area contributed by atoms with Crippen LogP contribution in [-0.2, 0) is 0 Å². The number of benzene rings is 2. The SMILES string of the molecule is N#Cc1c(-c2ccc(Cl)cc2)nc2n(c1=O)C(=O)C(c1ccc(Cl)cc1)S2. The average molecular weight is 414 g/mol. The van der Waals surface area contributed by atoms with Crippen LogP contribution in [0.4, 0.5) is 0 Å². The standard InChI is InChI=1S/C19H9Cl2N3O2S/c20-12-5-1-10(2-6-12)15-14(9-22)17(25)24-18(26)16(27-19(24)23-15)11-3-7-13(21)8-4-11/h1-8,16H. The molecule has 1 atom stereocenters. The van der Waals surface area contributed by atoms with Gasteiger partial charge in [0.15, 0.2) is 5.16 Å². The van der Waals surface area contributed by atoms with E-state index < -0.39 is 16.7 Å². The van der Waals surface area contributed by atoms with Crippen LogP contribution in [0.15, 0.2) is 58.5 Å². The molecule has 8 heteroatoms. The van der Waals surface area contributed by atoms with Crippen LogP contribution in [0.5, 0.6) is 0 Å². The van der Waals surface area contributed by atoms with E-state index in [2.05, 4.69) is 4.98 Å². The lowest BCUT2D eigenvalue weighted by Crippen LogP contribution is -2.29. The van der Waals surface area contributed by atoms with Crippen molar-refractivity contribution in [2.75, 3.05) is 0 Å². The summed E-state index contributed by atoms with van der Waals surface area (Å²) < 4.78 is 0.974. The second kappa shape index (κ2) is 6.86. The highest BCUT2D eigenvalue weighted by atomic mass is 35.5. The molecule has 5 nitrogen and oxygen atoms in total. The Hall–Kier alpha value is -2.59. The van der Waals surface area contributed by atoms with Gasteiger partial charge in [-0.2, -0.15) is 5.26 Å². The molecule has 0 bridgehead atoms. The van der Waals surface area contributed by atoms with Gasteiger partial charge in [0.05, 0.1) is 5.69 Å². The first kappa shape index (κ1) is 17.8. The molecule has 1 aromatic heterocycles. The Kier molecular flexibility index (Phi) is 4.52. The summed E-state index contributed by atoms with van der Waals surface area (Å²) in [6.07, 6.45) is 0. The maximum Gasteiger partial charge on any atom is 0.279 e. The summed E-state index contributed by atoms with van der Waals surface area (Å²) in [6.45, 7) is 0. The Balaban J connectivity index is 1.85. The van der Waals surface area contributed by atoms with E-state index in [4.69, 9.17) is 23.2 Å². The Morgan fingerprint density at radius 1 is 1.00 bits per heavy atom. The van der Waals surface area contributed by atoms with Crippen LogP contribution in [0.3, 0.4) is 0 Å². The van der Waals surface area contributed by atoms with Crippen molar-refractivity contribution in [3.8, 4) is 17.3 Å². The van der Waals surface area contributed by atoms with Crippen molar-refractivity contribution in [3.05, 3.63) is 80.1 Å². The van der Waals surface area contributed by atoms with E-state index in [1.54, 1.807) is 48.5 Å². The van der Waals surface area contributed by atoms with Gasteiger partial charge in [-0.15, -0.1) is 0 Å². The molecule has 27 heavy (non-hydrogen) atoms. The molecular formula is C19H9Cl2N3O2S. The third-order valence-corrected chi connectivity index (χ3v) is 5.82. The first-order valence-electron chi connectivity index (χ1n) is 7.79. The highest BCUT2D eigenvalue weighted by molar-refractivity contribution is 8.00. The minimum absolute atomic E-state index is 0.174. The van der Waals surface area contributed by atoms with Crippen LogP contribution >= 0.6 is 35.0 Å². The summed E-state index contributed by atoms with van der Waals surface area (Å²) in [5.41, 5.74) is 0.695. The minimum atomic E-state index is -0.665. The Labute approximate surface area is 168 Å². The molecule has 1 unspecified atom stereocenters. The van der Waals surface area contributed by atoms with E-state index in [1.807, 2.05) is 6.07 Å². The van der Waals surface area contributed by atoms with Gasteiger partial charge in [0.25, 0.3) is 11.5 Å². The van der Waals surface area contributed by atoms with E-state index in [9.17, 15) is 14.9 Å². The van der Waals surface area contributed by atoms with Crippen molar-refractivity contribution in [1.29, 1.82) is 5.26 Å². The number of hydrogen-bond acceptors (Lipinski definition) is 5. The van der Waals surface area contributed by atoms with Gasteiger partial charge < -0.3 is 0 Å². The van der Waals surface area contributed by atoms with Crippen LogP contribution < -0.4 is 5.56 Å². The lowest BCUT2D eigenvalue weighted by Gasteiger charge is -2.07. The average Bonchev–Trinajstić information content (AvgIpc) is 3.00. The number of halogens is 2. The van der Waals surface area contributed by atoms with Gasteiger partial charge in [0.2, 0.25) is 0 Å². The number of thioether (sulfide) groups is 1. The monoisotopic (exact) mass is 413 g/mol. The molecule has 132 valence electrons. The molecule has 0 aliphatic carbocycles. The summed E-state index contributed by atoms with van der Waals surface area (Å²) in [5.74, 6) is -0.422. The molecule has 1 aliphatic heterocycles. The molecule has 0 saturated heterocycles. The van der Waals surface area contributed by atoms with Gasteiger partial charge in [-0.1, -0.05) is 59.2 Å². The lowest BCUT2D eigenvalue weighted by molar-refractivity contribution is 0.0903. The molecular weight excluding hydrogens is 405 g/mol. The molecule has 0 spiro atoms. The van der Waals surface area contributed by atoms with Gasteiger partial charge in [-0.05, 0) is 29.8 Å². The summed E-state index contributed by atoms with van der Waals surface area (Å²) in [6, 6.07) is 15.4. The number of aromatic nitrogens is 2. The van der Waals surface area contributed by atoms with Crippen molar-refractivity contribution in [2.24, 2.45) is 0 Å². The molecule has 3 aromatic rings. The van der Waals surface area contributed by atoms with Crippen molar-refractivity contribution in [3.63, 3.8) is 0 Å². The van der Waals surface area contributed by atoms with Crippen LogP contribution in [0.25, 0.3) is 11.3 Å². The number of hydrogen-bond donors (Lipinski definition) is 0. The number of fused-ring (bicyclic) bond motifs is 1. The van der Waals surface area contributed by atoms with Crippen LogP contribution in [0.2, 0.25) is 10.0 Å². The molecule has 0 fully saturated rings. The highest BCUT2D eigenvalue weighted by Gasteiger charge is 2.36. The van der Waals surface area contributed by atoms with Crippen LogP contribution in [-0.4, -0.2) is 15.5 Å². The quantitative estimate of drug-likeness (QED) is 0.574. The zero-order chi connectivity index (χ0) is 19.1. The van der Waals surface area contributed by atoms with Gasteiger partial charge in [-0.3, -0.25) is 9.59 Å². The van der Waals surface area contributed by atoms with E-state index in [-0.39, 0.29) is 16.4 Å². The number of rotatable bonds is 2. The van der Waals surface area contributed by atoms with E-state index in [0.717, 1.165) is 4.57 Å². The normalized spacial score (nSPS) is 15.4. The topological polar surface area (TPSA) is 75.8 Å². The maximum absolute atomic E-state index is 12.8. The number of nitrogens with zero attached hydrogens (tertiary/aromatic N) is 3. The van der Waals surface area contributed by atoms with Gasteiger partial charge in [-0.25, -0.2) is 9.55 Å². The molecule has 4 rings (SSSR count). The third-order valence-electron chi connectivity index (χ3n) is 4.12. The molecule has 0 saturated carbocycles. The fraction of sp³-hybridized carbons (Fsp3) is 0.0526. The van der Waals surface area contributed by atoms with Crippen LogP contribution in [0.1, 0.15) is 21.2 Å². The van der Waals surface area contributed by atoms with Gasteiger partial charge in [0, 0.05) is 15.6 Å². The molecule has 0 N–H and O–H groups in total.